The molecular weight excluding hydrogens is 392 g/mol. The second-order valence-electron chi connectivity index (χ2n) is 8.29. The number of carbonyl (C=O) groups excluding carboxylic acids is 1. The number of hydrogen-bond acceptors (Lipinski definition) is 2. The Bertz CT molecular complexity index is 1310. The molecule has 0 spiro atoms. The van der Waals surface area contributed by atoms with E-state index in [-0.39, 0.29) is 18.0 Å². The van der Waals surface area contributed by atoms with Crippen molar-refractivity contribution in [3.8, 4) is 22.3 Å². The van der Waals surface area contributed by atoms with Crippen LogP contribution in [0, 0.1) is 0 Å². The van der Waals surface area contributed by atoms with Gasteiger partial charge in [-0.25, -0.2) is 0 Å². The minimum absolute atomic E-state index is 0.00822. The molecule has 2 heterocycles. The monoisotopic (exact) mass is 414 g/mol. The van der Waals surface area contributed by atoms with E-state index in [1.165, 1.54) is 22.3 Å². The molecule has 0 radical (unpaired) electrons. The van der Waals surface area contributed by atoms with Crippen molar-refractivity contribution in [1.82, 2.24) is 10.6 Å². The Morgan fingerprint density at radius 1 is 0.469 bits per heavy atom. The predicted octanol–water partition coefficient (Wildman–Crippen LogP) is 5.57. The van der Waals surface area contributed by atoms with Gasteiger partial charge in [0, 0.05) is 0 Å². The van der Waals surface area contributed by atoms with Crippen molar-refractivity contribution in [2.45, 2.75) is 12.1 Å². The Labute approximate surface area is 187 Å². The van der Waals surface area contributed by atoms with Crippen LogP contribution in [0.4, 0.5) is 0 Å². The molecule has 0 aliphatic carbocycles. The molecule has 6 rings (SSSR count). The van der Waals surface area contributed by atoms with Crippen molar-refractivity contribution >= 4 is 11.6 Å². The Balaban J connectivity index is 1.24. The van der Waals surface area contributed by atoms with Crippen LogP contribution in [0.2, 0.25) is 0 Å². The summed E-state index contributed by atoms with van der Waals surface area (Å²) >= 11 is 0. The summed E-state index contributed by atoms with van der Waals surface area (Å²) in [5.74, 6) is 0.0213. The molecule has 2 aliphatic rings. The van der Waals surface area contributed by atoms with Gasteiger partial charge in [-0.3, -0.25) is 4.79 Å². The van der Waals surface area contributed by atoms with E-state index in [0.717, 1.165) is 22.4 Å². The summed E-state index contributed by atoms with van der Waals surface area (Å²) < 4.78 is 0. The summed E-state index contributed by atoms with van der Waals surface area (Å²) in [6, 6.07) is 37.5. The molecular formula is C29H22N2O. The molecule has 1 saturated heterocycles. The molecule has 1 fully saturated rings. The Morgan fingerprint density at radius 3 is 1.50 bits per heavy atom. The second kappa shape index (κ2) is 7.54. The minimum atomic E-state index is -0.0466. The molecule has 2 N–H and O–H groups in total. The summed E-state index contributed by atoms with van der Waals surface area (Å²) in [7, 11) is 0. The average Bonchev–Trinajstić information content (AvgIpc) is 3.10. The number of amides is 1. The number of benzene rings is 4. The highest BCUT2D eigenvalue weighted by molar-refractivity contribution is 6.08. The van der Waals surface area contributed by atoms with Crippen LogP contribution in [-0.2, 0) is 4.79 Å². The Morgan fingerprint density at radius 2 is 0.938 bits per heavy atom. The molecule has 0 saturated carbocycles. The fraction of sp³-hybridized carbons (Fsp3) is 0.0690. The van der Waals surface area contributed by atoms with Crippen molar-refractivity contribution in [2.75, 3.05) is 0 Å². The van der Waals surface area contributed by atoms with Crippen LogP contribution < -0.4 is 10.6 Å². The van der Waals surface area contributed by atoms with E-state index >= 15 is 0 Å². The molecule has 2 aliphatic heterocycles. The van der Waals surface area contributed by atoms with Gasteiger partial charge in [-0.05, 0) is 33.4 Å². The van der Waals surface area contributed by atoms with E-state index in [4.69, 9.17) is 0 Å². The SMILES string of the molecule is O=C1NC(c2ccc(-c3ccccc3)cc2)C2NC(c3ccc(-c4ccccc4)cc3)=C12. The number of hydrogen-bond donors (Lipinski definition) is 2. The van der Waals surface area contributed by atoms with Crippen LogP contribution in [0.1, 0.15) is 17.2 Å². The molecule has 1 amide bonds. The summed E-state index contributed by atoms with van der Waals surface area (Å²) in [5, 5.41) is 6.71. The van der Waals surface area contributed by atoms with Gasteiger partial charge in [0.1, 0.15) is 0 Å². The van der Waals surface area contributed by atoms with Crippen molar-refractivity contribution in [2.24, 2.45) is 0 Å². The topological polar surface area (TPSA) is 41.1 Å². The van der Waals surface area contributed by atoms with Gasteiger partial charge in [-0.1, -0.05) is 109 Å². The van der Waals surface area contributed by atoms with Crippen molar-refractivity contribution in [1.29, 1.82) is 0 Å². The van der Waals surface area contributed by atoms with Gasteiger partial charge in [-0.15, -0.1) is 0 Å². The molecule has 0 aromatic heterocycles. The van der Waals surface area contributed by atoms with Gasteiger partial charge in [0.25, 0.3) is 5.91 Å². The zero-order valence-corrected chi connectivity index (χ0v) is 17.5. The van der Waals surface area contributed by atoms with Gasteiger partial charge in [0.15, 0.2) is 0 Å². The average molecular weight is 415 g/mol. The quantitative estimate of drug-likeness (QED) is 0.458. The van der Waals surface area contributed by atoms with Crippen molar-refractivity contribution in [3.05, 3.63) is 126 Å². The van der Waals surface area contributed by atoms with Crippen LogP contribution in [0.3, 0.4) is 0 Å². The lowest BCUT2D eigenvalue weighted by Crippen LogP contribution is -2.42. The van der Waals surface area contributed by atoms with Crippen LogP contribution in [0.5, 0.6) is 0 Å². The van der Waals surface area contributed by atoms with E-state index in [0.29, 0.717) is 0 Å². The first-order valence-electron chi connectivity index (χ1n) is 10.9. The lowest BCUT2D eigenvalue weighted by molar-refractivity contribution is -0.116. The van der Waals surface area contributed by atoms with Crippen molar-refractivity contribution in [3.63, 3.8) is 0 Å². The molecule has 4 aromatic rings. The maximum absolute atomic E-state index is 12.8. The zero-order valence-electron chi connectivity index (χ0n) is 17.5. The van der Waals surface area contributed by atoms with E-state index in [1.807, 2.05) is 36.4 Å². The zero-order chi connectivity index (χ0) is 21.5. The van der Waals surface area contributed by atoms with E-state index in [9.17, 15) is 4.79 Å². The predicted molar refractivity (Wildman–Crippen MR) is 128 cm³/mol. The first-order valence-corrected chi connectivity index (χ1v) is 10.9. The summed E-state index contributed by atoms with van der Waals surface area (Å²) in [6.45, 7) is 0. The normalized spacial score (nSPS) is 19.1. The number of fused-ring (bicyclic) bond motifs is 1. The standard InChI is InChI=1S/C29H22N2O/c32-29-25-26(23-15-11-21(12-16-23)19-7-3-1-4-8-19)30-28(25)27(31-29)24-17-13-22(14-18-24)20-9-5-2-6-10-20/h1-18,27-28,30H,(H,31,32). The van der Waals surface area contributed by atoms with Crippen LogP contribution >= 0.6 is 0 Å². The highest BCUT2D eigenvalue weighted by Gasteiger charge is 2.46. The molecule has 3 heteroatoms. The van der Waals surface area contributed by atoms with E-state index in [2.05, 4.69) is 83.4 Å². The summed E-state index contributed by atoms with van der Waals surface area (Å²) in [4.78, 5) is 12.8. The fourth-order valence-electron chi connectivity index (χ4n) is 4.68. The lowest BCUT2D eigenvalue weighted by Gasteiger charge is -2.33. The Kier molecular flexibility index (Phi) is 4.39. The van der Waals surface area contributed by atoms with Gasteiger partial charge < -0.3 is 10.6 Å². The third-order valence-electron chi connectivity index (χ3n) is 6.40. The molecule has 2 unspecified atom stereocenters. The van der Waals surface area contributed by atoms with Gasteiger partial charge in [0.2, 0.25) is 0 Å². The lowest BCUT2D eigenvalue weighted by atomic mass is 9.87. The first-order chi connectivity index (χ1) is 15.8. The largest absolute Gasteiger partial charge is 0.375 e. The van der Waals surface area contributed by atoms with E-state index < -0.39 is 0 Å². The third-order valence-corrected chi connectivity index (χ3v) is 6.40. The second-order valence-corrected chi connectivity index (χ2v) is 8.29. The fourth-order valence-corrected chi connectivity index (χ4v) is 4.68. The van der Waals surface area contributed by atoms with Crippen LogP contribution in [0.15, 0.2) is 115 Å². The maximum atomic E-state index is 12.8. The number of rotatable bonds is 4. The van der Waals surface area contributed by atoms with E-state index in [1.54, 1.807) is 0 Å². The first kappa shape index (κ1) is 18.6. The molecule has 3 nitrogen and oxygen atoms in total. The molecule has 4 aromatic carbocycles. The van der Waals surface area contributed by atoms with Crippen molar-refractivity contribution < 1.29 is 4.79 Å². The molecule has 154 valence electrons. The smallest absolute Gasteiger partial charge is 0.252 e. The number of carbonyl (C=O) groups is 1. The maximum Gasteiger partial charge on any atom is 0.252 e. The molecule has 2 atom stereocenters. The minimum Gasteiger partial charge on any atom is -0.375 e. The van der Waals surface area contributed by atoms with Gasteiger partial charge >= 0.3 is 0 Å². The number of nitrogens with one attached hydrogen (secondary N) is 2. The van der Waals surface area contributed by atoms with Crippen LogP contribution in [-0.4, -0.2) is 11.9 Å². The van der Waals surface area contributed by atoms with Crippen LogP contribution in [0.25, 0.3) is 28.0 Å². The van der Waals surface area contributed by atoms with Gasteiger partial charge in [-0.2, -0.15) is 0 Å². The summed E-state index contributed by atoms with van der Waals surface area (Å²) in [6.07, 6.45) is 0. The summed E-state index contributed by atoms with van der Waals surface area (Å²) in [5.41, 5.74) is 8.69. The third kappa shape index (κ3) is 3.10. The van der Waals surface area contributed by atoms with Gasteiger partial charge in [0.05, 0.1) is 23.4 Å². The molecule has 32 heavy (non-hydrogen) atoms. The molecule has 0 bridgehead atoms. The Hall–Kier alpha value is -4.11. The highest BCUT2D eigenvalue weighted by Crippen LogP contribution is 2.40. The highest BCUT2D eigenvalue weighted by atomic mass is 16.2.